The van der Waals surface area contributed by atoms with E-state index < -0.39 is 15.9 Å². The van der Waals surface area contributed by atoms with Gasteiger partial charge in [0.15, 0.2) is 0 Å². The van der Waals surface area contributed by atoms with E-state index in [9.17, 15) is 13.2 Å². The van der Waals surface area contributed by atoms with E-state index in [4.69, 9.17) is 16.3 Å². The van der Waals surface area contributed by atoms with Crippen molar-refractivity contribution in [1.29, 1.82) is 0 Å². The molecule has 0 aromatic heterocycles. The van der Waals surface area contributed by atoms with Crippen molar-refractivity contribution in [3.63, 3.8) is 0 Å². The van der Waals surface area contributed by atoms with Gasteiger partial charge in [-0.05, 0) is 48.9 Å². The molecule has 0 aliphatic carbocycles. The summed E-state index contributed by atoms with van der Waals surface area (Å²) >= 11 is 6.15. The van der Waals surface area contributed by atoms with Crippen LogP contribution in [0.25, 0.3) is 0 Å². The third-order valence-electron chi connectivity index (χ3n) is 4.33. The quantitative estimate of drug-likeness (QED) is 0.452. The molecule has 0 fully saturated rings. The van der Waals surface area contributed by atoms with Crippen molar-refractivity contribution in [1.82, 2.24) is 0 Å². The highest BCUT2D eigenvalue weighted by molar-refractivity contribution is 7.92. The molecule has 0 spiro atoms. The van der Waals surface area contributed by atoms with Gasteiger partial charge in [-0.25, -0.2) is 8.42 Å². The zero-order valence-electron chi connectivity index (χ0n) is 16.8. The molecule has 0 atom stereocenters. The lowest BCUT2D eigenvalue weighted by Crippen LogP contribution is -2.17. The summed E-state index contributed by atoms with van der Waals surface area (Å²) in [6, 6.07) is 17.9. The van der Waals surface area contributed by atoms with Crippen LogP contribution in [0.2, 0.25) is 5.02 Å². The number of carbonyl (C=O) groups is 1. The Morgan fingerprint density at radius 2 is 1.87 bits per heavy atom. The number of anilines is 2. The SMILES string of the molecule is C=CCOc1cccc(NC(=O)c2ccc(Cl)c(S(=O)(=O)Nc3ccccc3C)c2)c1. The first-order valence-electron chi connectivity index (χ1n) is 9.33. The summed E-state index contributed by atoms with van der Waals surface area (Å²) < 4.78 is 33.8. The highest BCUT2D eigenvalue weighted by atomic mass is 35.5. The van der Waals surface area contributed by atoms with Crippen molar-refractivity contribution in [3.8, 4) is 5.75 Å². The van der Waals surface area contributed by atoms with E-state index in [-0.39, 0.29) is 15.5 Å². The summed E-state index contributed by atoms with van der Waals surface area (Å²) in [5.74, 6) is 0.0874. The van der Waals surface area contributed by atoms with Crippen molar-refractivity contribution < 1.29 is 17.9 Å². The van der Waals surface area contributed by atoms with Crippen LogP contribution in [0.4, 0.5) is 11.4 Å². The average Bonchev–Trinajstić information content (AvgIpc) is 2.74. The van der Waals surface area contributed by atoms with Gasteiger partial charge in [-0.3, -0.25) is 9.52 Å². The number of nitrogens with one attached hydrogen (secondary N) is 2. The fourth-order valence-electron chi connectivity index (χ4n) is 2.76. The topological polar surface area (TPSA) is 84.5 Å². The Morgan fingerprint density at radius 3 is 2.61 bits per heavy atom. The maximum Gasteiger partial charge on any atom is 0.263 e. The van der Waals surface area contributed by atoms with Crippen LogP contribution in [0.5, 0.6) is 5.75 Å². The molecule has 0 aliphatic heterocycles. The zero-order valence-corrected chi connectivity index (χ0v) is 18.3. The minimum atomic E-state index is -4.00. The first-order chi connectivity index (χ1) is 14.8. The van der Waals surface area contributed by atoms with Gasteiger partial charge < -0.3 is 10.1 Å². The number of hydrogen-bond donors (Lipinski definition) is 2. The standard InChI is InChI=1S/C23H21ClN2O4S/c1-3-13-30-19-9-6-8-18(15-19)25-23(27)17-11-12-20(24)22(14-17)31(28,29)26-21-10-5-4-7-16(21)2/h3-12,14-15,26H,1,13H2,2H3,(H,25,27). The van der Waals surface area contributed by atoms with E-state index in [0.29, 0.717) is 23.7 Å². The van der Waals surface area contributed by atoms with E-state index in [0.717, 1.165) is 5.56 Å². The van der Waals surface area contributed by atoms with Crippen LogP contribution in [-0.4, -0.2) is 20.9 Å². The second kappa shape index (κ2) is 9.68. The van der Waals surface area contributed by atoms with Crippen molar-refractivity contribution in [2.24, 2.45) is 0 Å². The second-order valence-electron chi connectivity index (χ2n) is 6.65. The molecule has 0 saturated carbocycles. The Morgan fingerprint density at radius 1 is 1.10 bits per heavy atom. The predicted octanol–water partition coefficient (Wildman–Crippen LogP) is 5.27. The molecule has 6 nitrogen and oxygen atoms in total. The number of hydrogen-bond acceptors (Lipinski definition) is 4. The lowest BCUT2D eigenvalue weighted by molar-refractivity contribution is 0.102. The minimum Gasteiger partial charge on any atom is -0.489 e. The van der Waals surface area contributed by atoms with Crippen LogP contribution in [0, 0.1) is 6.92 Å². The number of ether oxygens (including phenoxy) is 1. The van der Waals surface area contributed by atoms with Crippen LogP contribution in [0.15, 0.2) is 84.3 Å². The molecule has 3 aromatic carbocycles. The summed E-state index contributed by atoms with van der Waals surface area (Å²) in [7, 11) is -4.00. The lowest BCUT2D eigenvalue weighted by atomic mass is 10.2. The third kappa shape index (κ3) is 5.65. The molecular weight excluding hydrogens is 436 g/mol. The molecule has 0 aliphatic rings. The van der Waals surface area contributed by atoms with Crippen LogP contribution >= 0.6 is 11.6 Å². The largest absolute Gasteiger partial charge is 0.489 e. The third-order valence-corrected chi connectivity index (χ3v) is 6.18. The number of halogens is 1. The summed E-state index contributed by atoms with van der Waals surface area (Å²) in [5, 5.41) is 2.74. The highest BCUT2D eigenvalue weighted by Crippen LogP contribution is 2.27. The van der Waals surface area contributed by atoms with Gasteiger partial charge >= 0.3 is 0 Å². The molecule has 3 rings (SSSR count). The predicted molar refractivity (Wildman–Crippen MR) is 124 cm³/mol. The van der Waals surface area contributed by atoms with Gasteiger partial charge in [-0.1, -0.05) is 48.5 Å². The van der Waals surface area contributed by atoms with Gasteiger partial charge in [0, 0.05) is 17.3 Å². The smallest absolute Gasteiger partial charge is 0.263 e. The molecule has 31 heavy (non-hydrogen) atoms. The molecular formula is C23H21ClN2O4S. The highest BCUT2D eigenvalue weighted by Gasteiger charge is 2.21. The number of carbonyl (C=O) groups excluding carboxylic acids is 1. The number of aryl methyl sites for hydroxylation is 1. The Bertz CT molecular complexity index is 1230. The number of benzene rings is 3. The van der Waals surface area contributed by atoms with Gasteiger partial charge in [0.2, 0.25) is 0 Å². The van der Waals surface area contributed by atoms with Crippen LogP contribution < -0.4 is 14.8 Å². The van der Waals surface area contributed by atoms with E-state index in [2.05, 4.69) is 16.6 Å². The molecule has 0 heterocycles. The van der Waals surface area contributed by atoms with Gasteiger partial charge in [-0.2, -0.15) is 0 Å². The summed E-state index contributed by atoms with van der Waals surface area (Å²) in [4.78, 5) is 12.5. The van der Waals surface area contributed by atoms with E-state index in [1.165, 1.54) is 18.2 Å². The van der Waals surface area contributed by atoms with E-state index >= 15 is 0 Å². The van der Waals surface area contributed by atoms with Crippen molar-refractivity contribution >= 4 is 38.9 Å². The Hall–Kier alpha value is -3.29. The van der Waals surface area contributed by atoms with Crippen molar-refractivity contribution in [2.45, 2.75) is 11.8 Å². The molecule has 1 amide bonds. The van der Waals surface area contributed by atoms with E-state index in [1.54, 1.807) is 55.5 Å². The minimum absolute atomic E-state index is 0.0115. The maximum absolute atomic E-state index is 12.9. The summed E-state index contributed by atoms with van der Waals surface area (Å²) in [6.07, 6.45) is 1.62. The molecule has 0 unspecified atom stereocenters. The molecule has 2 N–H and O–H groups in total. The Kier molecular flexibility index (Phi) is 6.99. The monoisotopic (exact) mass is 456 g/mol. The lowest BCUT2D eigenvalue weighted by Gasteiger charge is -2.13. The van der Waals surface area contributed by atoms with Crippen LogP contribution in [0.1, 0.15) is 15.9 Å². The van der Waals surface area contributed by atoms with Gasteiger partial charge in [-0.15, -0.1) is 0 Å². The van der Waals surface area contributed by atoms with Gasteiger partial charge in [0.05, 0.1) is 10.7 Å². The first kappa shape index (κ1) is 22.4. The molecule has 0 saturated heterocycles. The van der Waals surface area contributed by atoms with Crippen LogP contribution in [-0.2, 0) is 10.0 Å². The van der Waals surface area contributed by atoms with E-state index in [1.807, 2.05) is 6.07 Å². The molecule has 0 radical (unpaired) electrons. The number of rotatable bonds is 8. The Balaban J connectivity index is 1.84. The number of sulfonamides is 1. The van der Waals surface area contributed by atoms with Crippen LogP contribution in [0.3, 0.4) is 0 Å². The first-order valence-corrected chi connectivity index (χ1v) is 11.2. The van der Waals surface area contributed by atoms with Crippen molar-refractivity contribution in [3.05, 3.63) is 95.5 Å². The fraction of sp³-hybridized carbons (Fsp3) is 0.0870. The zero-order chi connectivity index (χ0) is 22.4. The normalized spacial score (nSPS) is 10.9. The fourth-order valence-corrected chi connectivity index (χ4v) is 4.42. The number of amides is 1. The summed E-state index contributed by atoms with van der Waals surface area (Å²) in [5.41, 5.74) is 1.84. The summed E-state index contributed by atoms with van der Waals surface area (Å²) in [6.45, 7) is 5.72. The average molecular weight is 457 g/mol. The molecule has 0 bridgehead atoms. The van der Waals surface area contributed by atoms with Crippen molar-refractivity contribution in [2.75, 3.05) is 16.6 Å². The molecule has 3 aromatic rings. The molecule has 8 heteroatoms. The van der Waals surface area contributed by atoms with Gasteiger partial charge in [0.25, 0.3) is 15.9 Å². The maximum atomic E-state index is 12.9. The van der Waals surface area contributed by atoms with Gasteiger partial charge in [0.1, 0.15) is 17.3 Å². The molecule has 160 valence electrons. The Labute approximate surface area is 186 Å². The number of para-hydroxylation sites is 1. The second-order valence-corrected chi connectivity index (χ2v) is 8.71.